The Morgan fingerprint density at radius 3 is 2.44 bits per heavy atom. The molecule has 2 aromatic heterocycles. The van der Waals surface area contributed by atoms with Crippen molar-refractivity contribution in [1.82, 2.24) is 9.88 Å². The number of aromatic nitrogens is 1. The van der Waals surface area contributed by atoms with Gasteiger partial charge in [-0.3, -0.25) is 9.59 Å². The lowest BCUT2D eigenvalue weighted by molar-refractivity contribution is 0.0951. The molecule has 7 heteroatoms. The fourth-order valence-corrected chi connectivity index (χ4v) is 3.34. The average molecular weight is 432 g/mol. The van der Waals surface area contributed by atoms with Gasteiger partial charge >= 0.3 is 0 Å². The van der Waals surface area contributed by atoms with Gasteiger partial charge in [-0.2, -0.15) is 0 Å². The molecule has 7 nitrogen and oxygen atoms in total. The van der Waals surface area contributed by atoms with Gasteiger partial charge in [-0.15, -0.1) is 0 Å². The third-order valence-corrected chi connectivity index (χ3v) is 5.03. The van der Waals surface area contributed by atoms with E-state index in [9.17, 15) is 9.59 Å². The molecule has 0 aliphatic heterocycles. The molecule has 2 aromatic carbocycles. The van der Waals surface area contributed by atoms with Gasteiger partial charge in [0.05, 0.1) is 6.54 Å². The molecule has 0 saturated heterocycles. The smallest absolute Gasteiger partial charge is 0.251 e. The van der Waals surface area contributed by atoms with Crippen molar-refractivity contribution < 1.29 is 19.1 Å². The Kier molecular flexibility index (Phi) is 6.67. The molecule has 0 saturated carbocycles. The number of nitrogens with zero attached hydrogens (tertiary/aromatic N) is 1. The SMILES string of the molecule is O=C(NCCCO)c1ccc(COc2coc(Cn3cc4ccccc4c3)cc2=O)cc1. The summed E-state index contributed by atoms with van der Waals surface area (Å²) in [6, 6.07) is 16.4. The second kappa shape index (κ2) is 9.98. The summed E-state index contributed by atoms with van der Waals surface area (Å²) in [7, 11) is 0. The van der Waals surface area contributed by atoms with Crippen LogP contribution in [0.5, 0.6) is 5.75 Å². The summed E-state index contributed by atoms with van der Waals surface area (Å²) in [6.07, 6.45) is 5.87. The van der Waals surface area contributed by atoms with E-state index in [4.69, 9.17) is 14.3 Å². The molecular weight excluding hydrogens is 408 g/mol. The van der Waals surface area contributed by atoms with Crippen LogP contribution >= 0.6 is 0 Å². The number of carbonyl (C=O) groups excluding carboxylic acids is 1. The summed E-state index contributed by atoms with van der Waals surface area (Å²) in [5.74, 6) is 0.481. The highest BCUT2D eigenvalue weighted by atomic mass is 16.5. The second-order valence-corrected chi connectivity index (χ2v) is 7.45. The molecule has 1 amide bonds. The van der Waals surface area contributed by atoms with E-state index in [1.165, 1.54) is 12.3 Å². The lowest BCUT2D eigenvalue weighted by Crippen LogP contribution is -2.24. The minimum Gasteiger partial charge on any atom is -0.482 e. The summed E-state index contributed by atoms with van der Waals surface area (Å²) < 4.78 is 13.2. The first-order valence-corrected chi connectivity index (χ1v) is 10.4. The van der Waals surface area contributed by atoms with Gasteiger partial charge in [0.1, 0.15) is 18.6 Å². The molecule has 0 radical (unpaired) electrons. The Morgan fingerprint density at radius 1 is 1.06 bits per heavy atom. The predicted molar refractivity (Wildman–Crippen MR) is 121 cm³/mol. The van der Waals surface area contributed by atoms with Gasteiger partial charge in [0, 0.05) is 37.2 Å². The summed E-state index contributed by atoms with van der Waals surface area (Å²) >= 11 is 0. The summed E-state index contributed by atoms with van der Waals surface area (Å²) in [4.78, 5) is 24.4. The van der Waals surface area contributed by atoms with Gasteiger partial charge in [-0.25, -0.2) is 0 Å². The van der Waals surface area contributed by atoms with Gasteiger partial charge < -0.3 is 24.1 Å². The third kappa shape index (κ3) is 5.25. The predicted octanol–water partition coefficient (Wildman–Crippen LogP) is 3.33. The molecule has 2 N–H and O–H groups in total. The van der Waals surface area contributed by atoms with Crippen LogP contribution in [0.1, 0.15) is 28.1 Å². The van der Waals surface area contributed by atoms with E-state index in [0.717, 1.165) is 16.3 Å². The van der Waals surface area contributed by atoms with Crippen molar-refractivity contribution in [2.24, 2.45) is 0 Å². The number of amides is 1. The Balaban J connectivity index is 1.34. The van der Waals surface area contributed by atoms with Gasteiger partial charge in [0.25, 0.3) is 5.91 Å². The van der Waals surface area contributed by atoms with Crippen LogP contribution < -0.4 is 15.5 Å². The Labute approximate surface area is 184 Å². The largest absolute Gasteiger partial charge is 0.482 e. The van der Waals surface area contributed by atoms with Crippen LogP contribution in [0.2, 0.25) is 0 Å². The normalized spacial score (nSPS) is 10.9. The van der Waals surface area contributed by atoms with Crippen molar-refractivity contribution in [2.45, 2.75) is 19.6 Å². The zero-order valence-electron chi connectivity index (χ0n) is 17.5. The van der Waals surface area contributed by atoms with E-state index >= 15 is 0 Å². The Morgan fingerprint density at radius 2 is 1.78 bits per heavy atom. The molecule has 0 aliphatic carbocycles. The number of fused-ring (bicyclic) bond motifs is 1. The molecule has 2 heterocycles. The number of nitrogens with one attached hydrogen (secondary N) is 1. The summed E-state index contributed by atoms with van der Waals surface area (Å²) in [6.45, 7) is 1.09. The maximum Gasteiger partial charge on any atom is 0.251 e. The highest BCUT2D eigenvalue weighted by molar-refractivity contribution is 5.94. The molecule has 0 fully saturated rings. The minimum absolute atomic E-state index is 0.0366. The number of rotatable bonds is 9. The molecular formula is C25H24N2O5. The number of carbonyl (C=O) groups is 1. The van der Waals surface area contributed by atoms with Crippen molar-refractivity contribution in [3.63, 3.8) is 0 Å². The first-order chi connectivity index (χ1) is 15.6. The maximum absolute atomic E-state index is 12.4. The number of hydrogen-bond acceptors (Lipinski definition) is 5. The highest BCUT2D eigenvalue weighted by Gasteiger charge is 2.08. The van der Waals surface area contributed by atoms with Crippen molar-refractivity contribution in [2.75, 3.05) is 13.2 Å². The van der Waals surface area contributed by atoms with Crippen LogP contribution in [-0.4, -0.2) is 28.7 Å². The first kappa shape index (κ1) is 21.4. The van der Waals surface area contributed by atoms with Crippen LogP contribution in [0.15, 0.2) is 82.5 Å². The summed E-state index contributed by atoms with van der Waals surface area (Å²) in [5.41, 5.74) is 1.09. The topological polar surface area (TPSA) is 93.7 Å². The van der Waals surface area contributed by atoms with Crippen LogP contribution in [0.3, 0.4) is 0 Å². The van der Waals surface area contributed by atoms with Crippen molar-refractivity contribution in [1.29, 1.82) is 0 Å². The Hall–Kier alpha value is -3.84. The number of aliphatic hydroxyl groups excluding tert-OH is 1. The van der Waals surface area contributed by atoms with Gasteiger partial charge in [0.2, 0.25) is 11.2 Å². The zero-order chi connectivity index (χ0) is 22.3. The second-order valence-electron chi connectivity index (χ2n) is 7.45. The monoisotopic (exact) mass is 432 g/mol. The Bertz CT molecular complexity index is 1220. The van der Waals surface area contributed by atoms with Gasteiger partial charge in [-0.05, 0) is 34.9 Å². The van der Waals surface area contributed by atoms with Gasteiger partial charge in [-0.1, -0.05) is 36.4 Å². The zero-order valence-corrected chi connectivity index (χ0v) is 17.5. The van der Waals surface area contributed by atoms with Crippen LogP contribution in [0.4, 0.5) is 0 Å². The number of aliphatic hydroxyl groups is 1. The van der Waals surface area contributed by atoms with Crippen LogP contribution in [-0.2, 0) is 13.2 Å². The minimum atomic E-state index is -0.247. The molecule has 0 spiro atoms. The average Bonchev–Trinajstić information content (AvgIpc) is 3.21. The number of benzene rings is 2. The van der Waals surface area contributed by atoms with Crippen molar-refractivity contribution in [3.8, 4) is 5.75 Å². The lowest BCUT2D eigenvalue weighted by atomic mass is 10.1. The van der Waals surface area contributed by atoms with Crippen molar-refractivity contribution in [3.05, 3.63) is 100 Å². The lowest BCUT2D eigenvalue weighted by Gasteiger charge is -2.08. The fourth-order valence-electron chi connectivity index (χ4n) is 3.34. The standard InChI is InChI=1S/C25H24N2O5/c28-11-3-10-26-25(30)19-8-6-18(7-9-19)16-32-24-17-31-22(12-23(24)29)15-27-13-20-4-1-2-5-21(20)14-27/h1-2,4-9,12-14,17,28H,3,10-11,15-16H2,(H,26,30). The van der Waals surface area contributed by atoms with E-state index in [1.807, 2.05) is 41.2 Å². The van der Waals surface area contributed by atoms with E-state index in [2.05, 4.69) is 5.32 Å². The molecule has 4 aromatic rings. The fraction of sp³-hybridized carbons (Fsp3) is 0.200. The van der Waals surface area contributed by atoms with E-state index in [0.29, 0.717) is 30.8 Å². The highest BCUT2D eigenvalue weighted by Crippen LogP contribution is 2.16. The maximum atomic E-state index is 12.4. The van der Waals surface area contributed by atoms with Crippen molar-refractivity contribution >= 4 is 16.7 Å². The first-order valence-electron chi connectivity index (χ1n) is 10.4. The number of ether oxygens (including phenoxy) is 1. The molecule has 0 unspecified atom stereocenters. The quantitative estimate of drug-likeness (QED) is 0.396. The third-order valence-electron chi connectivity index (χ3n) is 5.03. The summed E-state index contributed by atoms with van der Waals surface area (Å²) in [5, 5.41) is 13.8. The van der Waals surface area contributed by atoms with Crippen LogP contribution in [0.25, 0.3) is 10.8 Å². The molecule has 0 bridgehead atoms. The molecule has 0 aliphatic rings. The molecule has 4 rings (SSSR count). The van der Waals surface area contributed by atoms with Gasteiger partial charge in [0.15, 0.2) is 0 Å². The molecule has 0 atom stereocenters. The van der Waals surface area contributed by atoms with E-state index in [-0.39, 0.29) is 30.3 Å². The van der Waals surface area contributed by atoms with E-state index in [1.54, 1.807) is 24.3 Å². The number of hydrogen-bond donors (Lipinski definition) is 2. The molecule has 164 valence electrons. The molecule has 32 heavy (non-hydrogen) atoms. The van der Waals surface area contributed by atoms with E-state index < -0.39 is 0 Å². The van der Waals surface area contributed by atoms with Crippen LogP contribution in [0, 0.1) is 0 Å².